The summed E-state index contributed by atoms with van der Waals surface area (Å²) in [6, 6.07) is 10.3. The van der Waals surface area contributed by atoms with Gasteiger partial charge in [-0.25, -0.2) is 4.98 Å². The standard InChI is InChI=1S/C22H23ClN4O4/c1-30-18-11-16-17(12-19(18)31-2)24-20(25-21(16)28)13-26-7-9-27(10-8-26)22(29)14-3-5-15(23)6-4-14/h3-6,11-12H,7-10,13H2,1-2H3,(H,24,25,28). The average Bonchev–Trinajstić information content (AvgIpc) is 2.79. The fraction of sp³-hybridized carbons (Fsp3) is 0.318. The van der Waals surface area contributed by atoms with Gasteiger partial charge in [-0.3, -0.25) is 14.5 Å². The van der Waals surface area contributed by atoms with Gasteiger partial charge in [-0.2, -0.15) is 0 Å². The summed E-state index contributed by atoms with van der Waals surface area (Å²) in [5.74, 6) is 1.57. The predicted octanol–water partition coefficient (Wildman–Crippen LogP) is 2.55. The van der Waals surface area contributed by atoms with Crippen LogP contribution in [0.25, 0.3) is 10.9 Å². The second kappa shape index (κ2) is 8.95. The molecule has 1 N–H and O–H groups in total. The van der Waals surface area contributed by atoms with Crippen LogP contribution in [0.3, 0.4) is 0 Å². The molecule has 8 nitrogen and oxygen atoms in total. The molecule has 1 aliphatic heterocycles. The van der Waals surface area contributed by atoms with E-state index in [9.17, 15) is 9.59 Å². The number of hydrogen-bond donors (Lipinski definition) is 1. The topological polar surface area (TPSA) is 87.8 Å². The van der Waals surface area contributed by atoms with Crippen molar-refractivity contribution in [1.29, 1.82) is 0 Å². The highest BCUT2D eigenvalue weighted by Gasteiger charge is 2.23. The minimum atomic E-state index is -0.225. The van der Waals surface area contributed by atoms with Gasteiger partial charge < -0.3 is 19.4 Å². The molecule has 9 heteroatoms. The Balaban J connectivity index is 1.45. The Kier molecular flexibility index (Phi) is 6.11. The Labute approximate surface area is 184 Å². The van der Waals surface area contributed by atoms with Gasteiger partial charge in [0.15, 0.2) is 11.5 Å². The van der Waals surface area contributed by atoms with E-state index >= 15 is 0 Å². The molecule has 4 rings (SSSR count). The normalized spacial score (nSPS) is 14.6. The lowest BCUT2D eigenvalue weighted by Crippen LogP contribution is -2.48. The van der Waals surface area contributed by atoms with Gasteiger partial charge in [-0.05, 0) is 30.3 Å². The van der Waals surface area contributed by atoms with E-state index in [2.05, 4.69) is 14.9 Å². The molecular formula is C22H23ClN4O4. The maximum atomic E-state index is 12.7. The molecule has 0 aliphatic carbocycles. The van der Waals surface area contributed by atoms with E-state index in [4.69, 9.17) is 21.1 Å². The van der Waals surface area contributed by atoms with Crippen LogP contribution >= 0.6 is 11.6 Å². The van der Waals surface area contributed by atoms with Gasteiger partial charge in [0.05, 0.1) is 31.7 Å². The van der Waals surface area contributed by atoms with E-state index in [1.54, 1.807) is 43.5 Å². The maximum absolute atomic E-state index is 12.7. The SMILES string of the molecule is COc1cc2nc(CN3CCN(C(=O)c4ccc(Cl)cc4)CC3)[nH]c(=O)c2cc1OC. The second-order valence-corrected chi connectivity index (χ2v) is 7.75. The van der Waals surface area contributed by atoms with Crippen molar-refractivity contribution >= 4 is 28.4 Å². The number of rotatable bonds is 5. The van der Waals surface area contributed by atoms with E-state index in [1.165, 1.54) is 7.11 Å². The van der Waals surface area contributed by atoms with Crippen LogP contribution in [0.4, 0.5) is 0 Å². The summed E-state index contributed by atoms with van der Waals surface area (Å²) >= 11 is 5.90. The van der Waals surface area contributed by atoms with Gasteiger partial charge in [0, 0.05) is 42.8 Å². The Hall–Kier alpha value is -3.10. The molecule has 2 aromatic carbocycles. The van der Waals surface area contributed by atoms with Gasteiger partial charge >= 0.3 is 0 Å². The smallest absolute Gasteiger partial charge is 0.258 e. The first kappa shape index (κ1) is 21.1. The molecule has 162 valence electrons. The fourth-order valence-electron chi connectivity index (χ4n) is 3.69. The zero-order chi connectivity index (χ0) is 22.0. The van der Waals surface area contributed by atoms with Crippen molar-refractivity contribution in [2.24, 2.45) is 0 Å². The van der Waals surface area contributed by atoms with E-state index in [0.29, 0.717) is 71.5 Å². The molecule has 2 heterocycles. The van der Waals surface area contributed by atoms with Crippen molar-refractivity contribution in [3.8, 4) is 11.5 Å². The number of amides is 1. The number of carbonyl (C=O) groups is 1. The van der Waals surface area contributed by atoms with Crippen molar-refractivity contribution in [2.75, 3.05) is 40.4 Å². The molecule has 0 atom stereocenters. The Bertz CT molecular complexity index is 1150. The van der Waals surface area contributed by atoms with Crippen LogP contribution < -0.4 is 15.0 Å². The molecule has 1 amide bonds. The third-order valence-corrected chi connectivity index (χ3v) is 5.64. The molecule has 1 aliphatic rings. The second-order valence-electron chi connectivity index (χ2n) is 7.31. The van der Waals surface area contributed by atoms with Crippen molar-refractivity contribution < 1.29 is 14.3 Å². The van der Waals surface area contributed by atoms with Gasteiger partial charge in [0.2, 0.25) is 0 Å². The molecular weight excluding hydrogens is 420 g/mol. The number of hydrogen-bond acceptors (Lipinski definition) is 6. The predicted molar refractivity (Wildman–Crippen MR) is 118 cm³/mol. The first-order chi connectivity index (χ1) is 15.0. The molecule has 1 fully saturated rings. The first-order valence-electron chi connectivity index (χ1n) is 9.90. The summed E-state index contributed by atoms with van der Waals surface area (Å²) in [5.41, 5.74) is 0.952. The largest absolute Gasteiger partial charge is 0.493 e. The molecule has 31 heavy (non-hydrogen) atoms. The number of carbonyl (C=O) groups excluding carboxylic acids is 1. The van der Waals surface area contributed by atoms with Gasteiger partial charge in [0.1, 0.15) is 5.82 Å². The zero-order valence-electron chi connectivity index (χ0n) is 17.4. The van der Waals surface area contributed by atoms with Crippen molar-refractivity contribution in [1.82, 2.24) is 19.8 Å². The van der Waals surface area contributed by atoms with Crippen molar-refractivity contribution in [2.45, 2.75) is 6.54 Å². The molecule has 3 aromatic rings. The summed E-state index contributed by atoms with van der Waals surface area (Å²) < 4.78 is 10.6. The Morgan fingerprint density at radius 3 is 2.35 bits per heavy atom. The number of H-pyrrole nitrogens is 1. The minimum Gasteiger partial charge on any atom is -0.493 e. The van der Waals surface area contributed by atoms with Crippen LogP contribution in [0.15, 0.2) is 41.2 Å². The zero-order valence-corrected chi connectivity index (χ0v) is 18.1. The highest BCUT2D eigenvalue weighted by atomic mass is 35.5. The summed E-state index contributed by atoms with van der Waals surface area (Å²) in [6.07, 6.45) is 0. The quantitative estimate of drug-likeness (QED) is 0.653. The van der Waals surface area contributed by atoms with E-state index < -0.39 is 0 Å². The third-order valence-electron chi connectivity index (χ3n) is 5.38. The van der Waals surface area contributed by atoms with Gasteiger partial charge in [0.25, 0.3) is 11.5 Å². The summed E-state index contributed by atoms with van der Waals surface area (Å²) in [5, 5.41) is 1.05. The van der Waals surface area contributed by atoms with Crippen LogP contribution in [-0.4, -0.2) is 66.1 Å². The number of nitrogens with zero attached hydrogens (tertiary/aromatic N) is 3. The van der Waals surface area contributed by atoms with Crippen molar-refractivity contribution in [3.63, 3.8) is 0 Å². The number of methoxy groups -OCH3 is 2. The highest BCUT2D eigenvalue weighted by Crippen LogP contribution is 2.30. The molecule has 1 aromatic heterocycles. The third kappa shape index (κ3) is 4.50. The minimum absolute atomic E-state index is 0.00500. The summed E-state index contributed by atoms with van der Waals surface area (Å²) in [4.78, 5) is 36.7. The lowest BCUT2D eigenvalue weighted by molar-refractivity contribution is 0.0625. The fourth-order valence-corrected chi connectivity index (χ4v) is 3.81. The number of piperazine rings is 1. The number of aromatic amines is 1. The summed E-state index contributed by atoms with van der Waals surface area (Å²) in [6.45, 7) is 3.07. The van der Waals surface area contributed by atoms with Crippen LogP contribution in [-0.2, 0) is 6.54 Å². The number of nitrogens with one attached hydrogen (secondary N) is 1. The number of fused-ring (bicyclic) bond motifs is 1. The van der Waals surface area contributed by atoms with Crippen LogP contribution in [0.2, 0.25) is 5.02 Å². The first-order valence-corrected chi connectivity index (χ1v) is 10.3. The van der Waals surface area contributed by atoms with E-state index in [1.807, 2.05) is 4.90 Å². The number of halogens is 1. The highest BCUT2D eigenvalue weighted by molar-refractivity contribution is 6.30. The molecule has 1 saturated heterocycles. The number of benzene rings is 2. The molecule has 0 unspecified atom stereocenters. The summed E-state index contributed by atoms with van der Waals surface area (Å²) in [7, 11) is 3.07. The monoisotopic (exact) mass is 442 g/mol. The average molecular weight is 443 g/mol. The number of aromatic nitrogens is 2. The molecule has 0 spiro atoms. The maximum Gasteiger partial charge on any atom is 0.258 e. The van der Waals surface area contributed by atoms with Crippen LogP contribution in [0.5, 0.6) is 11.5 Å². The number of ether oxygens (including phenoxy) is 2. The lowest BCUT2D eigenvalue weighted by Gasteiger charge is -2.34. The Morgan fingerprint density at radius 1 is 1.06 bits per heavy atom. The van der Waals surface area contributed by atoms with Crippen molar-refractivity contribution in [3.05, 3.63) is 63.2 Å². The van der Waals surface area contributed by atoms with Gasteiger partial charge in [-0.1, -0.05) is 11.6 Å². The lowest BCUT2D eigenvalue weighted by atomic mass is 10.2. The van der Waals surface area contributed by atoms with Gasteiger partial charge in [-0.15, -0.1) is 0 Å². The van der Waals surface area contributed by atoms with E-state index in [-0.39, 0.29) is 11.5 Å². The van der Waals surface area contributed by atoms with Crippen LogP contribution in [0, 0.1) is 0 Å². The van der Waals surface area contributed by atoms with Crippen LogP contribution in [0.1, 0.15) is 16.2 Å². The molecule has 0 bridgehead atoms. The molecule has 0 saturated carbocycles. The van der Waals surface area contributed by atoms with E-state index in [0.717, 1.165) is 0 Å². The Morgan fingerprint density at radius 2 is 1.71 bits per heavy atom. The molecule has 0 radical (unpaired) electrons.